The molecule has 0 N–H and O–H groups in total. The van der Waals surface area contributed by atoms with Crippen LogP contribution in [0.3, 0.4) is 0 Å². The minimum atomic E-state index is -2.45. The fraction of sp³-hybridized carbons (Fsp3) is 0.909. The average molecular weight is 250 g/mol. The highest BCUT2D eigenvalue weighted by Gasteiger charge is 2.34. The van der Waals surface area contributed by atoms with Crippen molar-refractivity contribution in [3.05, 3.63) is 0 Å². The molecule has 0 saturated carbocycles. The van der Waals surface area contributed by atoms with Gasteiger partial charge in [0.05, 0.1) is 6.04 Å². The van der Waals surface area contributed by atoms with Crippen molar-refractivity contribution in [2.24, 2.45) is 0 Å². The molecule has 1 amide bonds. The maximum Gasteiger partial charge on any atom is 0.410 e. The largest absolute Gasteiger partial charge is 0.444 e. The van der Waals surface area contributed by atoms with Gasteiger partial charge in [0.1, 0.15) is 5.60 Å². The van der Waals surface area contributed by atoms with Crippen LogP contribution >= 0.6 is 0 Å². The molecule has 1 saturated heterocycles. The first-order chi connectivity index (χ1) is 7.70. The number of carbonyl (C=O) groups excluding carboxylic acids is 1. The number of nitrogens with zero attached hydrogens (tertiary/aromatic N) is 2. The van der Waals surface area contributed by atoms with Crippen molar-refractivity contribution in [1.29, 1.82) is 0 Å². The molecule has 0 aliphatic carbocycles. The highest BCUT2D eigenvalue weighted by Crippen LogP contribution is 2.17. The van der Waals surface area contributed by atoms with E-state index in [1.165, 1.54) is 4.90 Å². The summed E-state index contributed by atoms with van der Waals surface area (Å²) < 4.78 is 30.6. The molecule has 1 fully saturated rings. The van der Waals surface area contributed by atoms with Crippen molar-refractivity contribution in [3.8, 4) is 0 Å². The summed E-state index contributed by atoms with van der Waals surface area (Å²) >= 11 is 0. The number of hydrogen-bond acceptors (Lipinski definition) is 3. The van der Waals surface area contributed by atoms with Gasteiger partial charge in [0, 0.05) is 19.6 Å². The van der Waals surface area contributed by atoms with Crippen molar-refractivity contribution in [2.75, 3.05) is 26.7 Å². The Bertz CT molecular complexity index is 279. The maximum absolute atomic E-state index is 12.7. The van der Waals surface area contributed by atoms with E-state index >= 15 is 0 Å². The normalized spacial score (nSPS) is 23.0. The van der Waals surface area contributed by atoms with Crippen LogP contribution in [-0.2, 0) is 4.74 Å². The second-order valence-electron chi connectivity index (χ2n) is 5.31. The van der Waals surface area contributed by atoms with E-state index in [0.717, 1.165) is 0 Å². The van der Waals surface area contributed by atoms with Crippen LogP contribution in [0.1, 0.15) is 20.8 Å². The van der Waals surface area contributed by atoms with E-state index in [2.05, 4.69) is 0 Å². The number of piperazine rings is 1. The maximum atomic E-state index is 12.7. The van der Waals surface area contributed by atoms with E-state index in [9.17, 15) is 13.6 Å². The van der Waals surface area contributed by atoms with Crippen molar-refractivity contribution in [2.45, 2.75) is 38.8 Å². The number of amides is 1. The summed E-state index contributed by atoms with van der Waals surface area (Å²) in [6.07, 6.45) is -2.97. The Morgan fingerprint density at radius 3 is 2.41 bits per heavy atom. The van der Waals surface area contributed by atoms with Gasteiger partial charge in [-0.05, 0) is 27.8 Å². The first-order valence-corrected chi connectivity index (χ1v) is 5.67. The minimum Gasteiger partial charge on any atom is -0.444 e. The molecule has 0 aromatic rings. The van der Waals surface area contributed by atoms with E-state index < -0.39 is 24.2 Å². The molecule has 0 radical (unpaired) electrons. The monoisotopic (exact) mass is 250 g/mol. The zero-order chi connectivity index (χ0) is 13.2. The Morgan fingerprint density at radius 2 is 1.94 bits per heavy atom. The van der Waals surface area contributed by atoms with E-state index in [-0.39, 0.29) is 6.54 Å². The molecule has 6 heteroatoms. The molecule has 17 heavy (non-hydrogen) atoms. The SMILES string of the molecule is CN1CCN(C(=O)OC(C)(C)C)C[C@@H]1C(F)F. The molecule has 1 atom stereocenters. The van der Waals surface area contributed by atoms with Gasteiger partial charge in [-0.2, -0.15) is 0 Å². The minimum absolute atomic E-state index is 0.0169. The number of alkyl halides is 2. The lowest BCUT2D eigenvalue weighted by atomic mass is 10.2. The zero-order valence-electron chi connectivity index (χ0n) is 10.7. The Hall–Kier alpha value is -0.910. The van der Waals surface area contributed by atoms with Crippen LogP contribution in [0.25, 0.3) is 0 Å². The quantitative estimate of drug-likeness (QED) is 0.711. The Labute approximate surface area is 101 Å². The Morgan fingerprint density at radius 1 is 1.35 bits per heavy atom. The van der Waals surface area contributed by atoms with Crippen LogP contribution in [0.4, 0.5) is 13.6 Å². The average Bonchev–Trinajstić information content (AvgIpc) is 2.14. The summed E-state index contributed by atoms with van der Waals surface area (Å²) in [7, 11) is 1.64. The lowest BCUT2D eigenvalue weighted by Crippen LogP contribution is -2.56. The van der Waals surface area contributed by atoms with E-state index in [0.29, 0.717) is 13.1 Å². The molecule has 100 valence electrons. The molecular weight excluding hydrogens is 230 g/mol. The van der Waals surface area contributed by atoms with Gasteiger partial charge < -0.3 is 9.64 Å². The van der Waals surface area contributed by atoms with E-state index in [4.69, 9.17) is 4.74 Å². The second-order valence-corrected chi connectivity index (χ2v) is 5.31. The fourth-order valence-electron chi connectivity index (χ4n) is 1.67. The number of hydrogen-bond donors (Lipinski definition) is 0. The number of rotatable bonds is 1. The topological polar surface area (TPSA) is 32.8 Å². The standard InChI is InChI=1S/C11H20F2N2O2/c1-11(2,3)17-10(16)15-6-5-14(4)8(7-15)9(12)13/h8-9H,5-7H2,1-4H3/t8-/m1/s1. The lowest BCUT2D eigenvalue weighted by Gasteiger charge is -2.39. The number of carbonyl (C=O) groups is 1. The Kier molecular flexibility index (Phi) is 4.30. The van der Waals surface area contributed by atoms with Crippen molar-refractivity contribution in [3.63, 3.8) is 0 Å². The van der Waals surface area contributed by atoms with Gasteiger partial charge in [0.25, 0.3) is 6.43 Å². The highest BCUT2D eigenvalue weighted by atomic mass is 19.3. The third-order valence-corrected chi connectivity index (χ3v) is 2.64. The van der Waals surface area contributed by atoms with Gasteiger partial charge in [-0.1, -0.05) is 0 Å². The third-order valence-electron chi connectivity index (χ3n) is 2.64. The van der Waals surface area contributed by atoms with Gasteiger partial charge in [0.2, 0.25) is 0 Å². The van der Waals surface area contributed by atoms with Gasteiger partial charge in [-0.3, -0.25) is 4.90 Å². The fourth-order valence-corrected chi connectivity index (χ4v) is 1.67. The molecule has 4 nitrogen and oxygen atoms in total. The lowest BCUT2D eigenvalue weighted by molar-refractivity contribution is -0.0267. The second kappa shape index (κ2) is 5.16. The first kappa shape index (κ1) is 14.2. The molecule has 0 bridgehead atoms. The number of halogens is 2. The summed E-state index contributed by atoms with van der Waals surface area (Å²) in [4.78, 5) is 14.7. The van der Waals surface area contributed by atoms with Crippen LogP contribution in [0.15, 0.2) is 0 Å². The van der Waals surface area contributed by atoms with Gasteiger partial charge in [0.15, 0.2) is 0 Å². The molecule has 0 spiro atoms. The molecule has 1 heterocycles. The summed E-state index contributed by atoms with van der Waals surface area (Å²) in [5.41, 5.74) is -0.596. The van der Waals surface area contributed by atoms with Crippen LogP contribution in [-0.4, -0.2) is 60.6 Å². The summed E-state index contributed by atoms with van der Waals surface area (Å²) in [5.74, 6) is 0. The van der Waals surface area contributed by atoms with Crippen molar-refractivity contribution < 1.29 is 18.3 Å². The van der Waals surface area contributed by atoms with Gasteiger partial charge >= 0.3 is 6.09 Å². The molecular formula is C11H20F2N2O2. The molecule has 0 unspecified atom stereocenters. The molecule has 1 aliphatic heterocycles. The summed E-state index contributed by atoms with van der Waals surface area (Å²) in [6.45, 7) is 6.15. The zero-order valence-corrected chi connectivity index (χ0v) is 10.7. The number of ether oxygens (including phenoxy) is 1. The highest BCUT2D eigenvalue weighted by molar-refractivity contribution is 5.68. The molecule has 0 aromatic carbocycles. The summed E-state index contributed by atoms with van der Waals surface area (Å²) in [5, 5.41) is 0. The van der Waals surface area contributed by atoms with Crippen molar-refractivity contribution in [1.82, 2.24) is 9.80 Å². The van der Waals surface area contributed by atoms with Crippen LogP contribution < -0.4 is 0 Å². The van der Waals surface area contributed by atoms with Gasteiger partial charge in [-0.25, -0.2) is 13.6 Å². The molecule has 0 aromatic heterocycles. The molecule has 1 rings (SSSR count). The van der Waals surface area contributed by atoms with Gasteiger partial charge in [-0.15, -0.1) is 0 Å². The molecule has 1 aliphatic rings. The third kappa shape index (κ3) is 4.11. The predicted molar refractivity (Wildman–Crippen MR) is 60.2 cm³/mol. The predicted octanol–water partition coefficient (Wildman–Crippen LogP) is 1.80. The Balaban J connectivity index is 2.59. The van der Waals surface area contributed by atoms with E-state index in [1.54, 1.807) is 32.7 Å². The van der Waals surface area contributed by atoms with E-state index in [1.807, 2.05) is 0 Å². The summed E-state index contributed by atoms with van der Waals surface area (Å²) in [6, 6.07) is -0.906. The van der Waals surface area contributed by atoms with Crippen molar-refractivity contribution >= 4 is 6.09 Å². The van der Waals surface area contributed by atoms with Crippen LogP contribution in [0.2, 0.25) is 0 Å². The smallest absolute Gasteiger partial charge is 0.410 e. The number of likely N-dealkylation sites (N-methyl/N-ethyl adjacent to an activating group) is 1. The first-order valence-electron chi connectivity index (χ1n) is 5.67. The van der Waals surface area contributed by atoms with Crippen LogP contribution in [0, 0.1) is 0 Å². The van der Waals surface area contributed by atoms with Crippen LogP contribution in [0.5, 0.6) is 0 Å².